The van der Waals surface area contributed by atoms with Gasteiger partial charge in [0.2, 0.25) is 0 Å². The van der Waals surface area contributed by atoms with E-state index in [0.717, 1.165) is 12.7 Å². The molecule has 1 N–H and O–H groups in total. The van der Waals surface area contributed by atoms with Gasteiger partial charge in [0, 0.05) is 12.1 Å². The second-order valence-electron chi connectivity index (χ2n) is 5.08. The summed E-state index contributed by atoms with van der Waals surface area (Å²) in [4.78, 5) is 21.6. The minimum Gasteiger partial charge on any atom is -0.480 e. The molecule has 0 amide bonds. The van der Waals surface area contributed by atoms with Crippen LogP contribution in [0.5, 0.6) is 5.75 Å². The van der Waals surface area contributed by atoms with E-state index in [4.69, 9.17) is 9.47 Å². The van der Waals surface area contributed by atoms with Crippen molar-refractivity contribution in [1.29, 1.82) is 0 Å². The maximum absolute atomic E-state index is 11.4. The van der Waals surface area contributed by atoms with Crippen LogP contribution in [0.25, 0.3) is 0 Å². The number of halogens is 2. The highest BCUT2D eigenvalue weighted by Crippen LogP contribution is 2.28. The number of nitrogens with zero attached hydrogens (tertiary/aromatic N) is 2. The number of anilines is 1. The average Bonchev–Trinajstić information content (AvgIpc) is 2.61. The van der Waals surface area contributed by atoms with E-state index in [1.54, 1.807) is 25.3 Å². The third kappa shape index (κ3) is 6.61. The number of carbonyl (C=O) groups excluding carboxylic acids is 1. The Morgan fingerprint density at radius 2 is 1.89 bits per heavy atom. The summed E-state index contributed by atoms with van der Waals surface area (Å²) < 4.78 is 12.1. The summed E-state index contributed by atoms with van der Waals surface area (Å²) in [5.74, 6) is 0.201. The lowest BCUT2D eigenvalue weighted by Crippen LogP contribution is -2.15. The van der Waals surface area contributed by atoms with Gasteiger partial charge in [-0.15, -0.1) is 0 Å². The van der Waals surface area contributed by atoms with Gasteiger partial charge in [0.05, 0.1) is 30.6 Å². The molecular formula is C17H15I2N3O5. The molecule has 2 aromatic rings. The molecule has 0 radical (unpaired) electrons. The van der Waals surface area contributed by atoms with Crippen LogP contribution in [0.3, 0.4) is 0 Å². The number of benzene rings is 2. The molecule has 27 heavy (non-hydrogen) atoms. The molecule has 0 aliphatic carbocycles. The van der Waals surface area contributed by atoms with Gasteiger partial charge < -0.3 is 9.47 Å². The number of nitro groups is 1. The Kier molecular flexibility index (Phi) is 8.22. The van der Waals surface area contributed by atoms with Crippen molar-refractivity contribution in [2.24, 2.45) is 5.10 Å². The molecule has 0 aliphatic rings. The standard InChI is InChI=1S/C17H15I2N3O5/c1-2-26-16(23)10-27-17-14(18)7-11(8-15(17)19)9-20-21-12-3-5-13(6-4-12)22(24)25/h3-9,21H,2,10H2,1H3/b20-9+. The lowest BCUT2D eigenvalue weighted by atomic mass is 10.2. The minimum atomic E-state index is -0.456. The van der Waals surface area contributed by atoms with Gasteiger partial charge in [-0.05, 0) is 81.9 Å². The zero-order chi connectivity index (χ0) is 19.8. The number of hydrogen-bond acceptors (Lipinski definition) is 7. The molecule has 0 aromatic heterocycles. The second-order valence-corrected chi connectivity index (χ2v) is 7.41. The Labute approximate surface area is 182 Å². The van der Waals surface area contributed by atoms with E-state index < -0.39 is 10.9 Å². The third-order valence-corrected chi connectivity index (χ3v) is 4.75. The van der Waals surface area contributed by atoms with E-state index in [9.17, 15) is 14.9 Å². The molecule has 0 heterocycles. The molecule has 2 rings (SSSR count). The highest BCUT2D eigenvalue weighted by atomic mass is 127. The van der Waals surface area contributed by atoms with Crippen molar-refractivity contribution in [3.63, 3.8) is 0 Å². The first-order valence-corrected chi connectivity index (χ1v) is 9.87. The lowest BCUT2D eigenvalue weighted by Gasteiger charge is -2.10. The van der Waals surface area contributed by atoms with Crippen LogP contribution in [0.15, 0.2) is 41.5 Å². The monoisotopic (exact) mass is 595 g/mol. The van der Waals surface area contributed by atoms with Crippen LogP contribution in [0.4, 0.5) is 11.4 Å². The quantitative estimate of drug-likeness (QED) is 0.162. The van der Waals surface area contributed by atoms with E-state index in [2.05, 4.69) is 55.7 Å². The van der Waals surface area contributed by atoms with Crippen LogP contribution in [0.1, 0.15) is 12.5 Å². The molecule has 0 atom stereocenters. The van der Waals surface area contributed by atoms with Gasteiger partial charge in [0.1, 0.15) is 5.75 Å². The van der Waals surface area contributed by atoms with E-state index in [1.807, 2.05) is 12.1 Å². The number of carbonyl (C=O) groups is 1. The van der Waals surface area contributed by atoms with Gasteiger partial charge in [-0.25, -0.2) is 4.79 Å². The summed E-state index contributed by atoms with van der Waals surface area (Å²) in [7, 11) is 0. The molecule has 0 bridgehead atoms. The molecule has 0 saturated carbocycles. The van der Waals surface area contributed by atoms with Crippen molar-refractivity contribution >= 4 is 68.7 Å². The van der Waals surface area contributed by atoms with Gasteiger partial charge in [-0.2, -0.15) is 5.10 Å². The fourth-order valence-electron chi connectivity index (χ4n) is 1.96. The second kappa shape index (κ2) is 10.4. The van der Waals surface area contributed by atoms with Gasteiger partial charge in [0.25, 0.3) is 5.69 Å². The summed E-state index contributed by atoms with van der Waals surface area (Å²) in [6.07, 6.45) is 1.63. The Morgan fingerprint density at radius 1 is 1.26 bits per heavy atom. The molecule has 2 aromatic carbocycles. The fraction of sp³-hybridized carbons (Fsp3) is 0.176. The summed E-state index contributed by atoms with van der Waals surface area (Å²) in [6.45, 7) is 1.91. The van der Waals surface area contributed by atoms with Crippen LogP contribution in [-0.4, -0.2) is 30.3 Å². The Bertz CT molecular complexity index is 833. The highest BCUT2D eigenvalue weighted by molar-refractivity contribution is 14.1. The van der Waals surface area contributed by atoms with E-state index in [-0.39, 0.29) is 12.3 Å². The molecule has 0 unspecified atom stereocenters. The van der Waals surface area contributed by atoms with Gasteiger partial charge in [-0.1, -0.05) is 0 Å². The highest BCUT2D eigenvalue weighted by Gasteiger charge is 2.11. The van der Waals surface area contributed by atoms with Crippen LogP contribution in [0, 0.1) is 17.3 Å². The molecule has 0 spiro atoms. The van der Waals surface area contributed by atoms with E-state index in [0.29, 0.717) is 18.0 Å². The third-order valence-electron chi connectivity index (χ3n) is 3.15. The number of nitro benzene ring substituents is 1. The largest absolute Gasteiger partial charge is 0.480 e. The first-order valence-electron chi connectivity index (χ1n) is 7.71. The normalized spacial score (nSPS) is 10.6. The maximum atomic E-state index is 11.4. The van der Waals surface area contributed by atoms with Gasteiger partial charge >= 0.3 is 5.97 Å². The van der Waals surface area contributed by atoms with Crippen LogP contribution in [0.2, 0.25) is 0 Å². The molecule has 0 aliphatic heterocycles. The predicted molar refractivity (Wildman–Crippen MR) is 118 cm³/mol. The zero-order valence-corrected chi connectivity index (χ0v) is 18.5. The topological polar surface area (TPSA) is 103 Å². The van der Waals surface area contributed by atoms with Crippen molar-refractivity contribution in [2.75, 3.05) is 18.6 Å². The number of hydrogen-bond donors (Lipinski definition) is 1. The molecule has 0 saturated heterocycles. The molecule has 10 heteroatoms. The molecular weight excluding hydrogens is 580 g/mol. The Balaban J connectivity index is 2.01. The van der Waals surface area contributed by atoms with Crippen molar-refractivity contribution in [2.45, 2.75) is 6.92 Å². The summed E-state index contributed by atoms with van der Waals surface area (Å²) in [5.41, 5.74) is 4.31. The molecule has 8 nitrogen and oxygen atoms in total. The fourth-order valence-corrected chi connectivity index (χ4v) is 4.09. The predicted octanol–water partition coefficient (Wildman–Crippen LogP) is 4.19. The van der Waals surface area contributed by atoms with Crippen LogP contribution >= 0.6 is 45.2 Å². The van der Waals surface area contributed by atoms with Crippen LogP contribution in [-0.2, 0) is 9.53 Å². The minimum absolute atomic E-state index is 0.0204. The van der Waals surface area contributed by atoms with Crippen molar-refractivity contribution in [1.82, 2.24) is 0 Å². The van der Waals surface area contributed by atoms with Crippen molar-refractivity contribution in [3.8, 4) is 5.75 Å². The SMILES string of the molecule is CCOC(=O)COc1c(I)cc(/C=N/Nc2ccc([N+](=O)[O-])cc2)cc1I. The first-order chi connectivity index (χ1) is 12.9. The Hall–Kier alpha value is -1.96. The van der Waals surface area contributed by atoms with E-state index in [1.165, 1.54) is 12.1 Å². The summed E-state index contributed by atoms with van der Waals surface area (Å²) >= 11 is 4.25. The van der Waals surface area contributed by atoms with E-state index >= 15 is 0 Å². The van der Waals surface area contributed by atoms with Gasteiger partial charge in [-0.3, -0.25) is 15.5 Å². The number of non-ortho nitro benzene ring substituents is 1. The maximum Gasteiger partial charge on any atom is 0.344 e. The van der Waals surface area contributed by atoms with Crippen molar-refractivity contribution in [3.05, 3.63) is 59.2 Å². The number of esters is 1. The summed E-state index contributed by atoms with van der Waals surface area (Å²) in [5, 5.41) is 14.8. The number of ether oxygens (including phenoxy) is 2. The average molecular weight is 595 g/mol. The first kappa shape index (κ1) is 21.3. The number of nitrogens with one attached hydrogen (secondary N) is 1. The van der Waals surface area contributed by atoms with Gasteiger partial charge in [0.15, 0.2) is 6.61 Å². The van der Waals surface area contributed by atoms with Crippen molar-refractivity contribution < 1.29 is 19.2 Å². The Morgan fingerprint density at radius 3 is 2.44 bits per heavy atom. The number of rotatable bonds is 8. The zero-order valence-electron chi connectivity index (χ0n) is 14.1. The lowest BCUT2D eigenvalue weighted by molar-refractivity contribution is -0.384. The molecule has 142 valence electrons. The van der Waals surface area contributed by atoms with Crippen LogP contribution < -0.4 is 10.2 Å². The number of hydrazone groups is 1. The smallest absolute Gasteiger partial charge is 0.344 e. The molecule has 0 fully saturated rings. The summed E-state index contributed by atoms with van der Waals surface area (Å²) in [6, 6.07) is 9.69.